The molecule has 0 saturated carbocycles. The van der Waals surface area contributed by atoms with Gasteiger partial charge in [-0.1, -0.05) is 144 Å². The molecule has 0 radical (unpaired) electrons. The number of allylic oxidation sites excluding steroid dienone is 12. The van der Waals surface area contributed by atoms with Gasteiger partial charge in [0.25, 0.3) is 10.1 Å². The zero-order chi connectivity index (χ0) is 32.6. The molecule has 0 spiro atoms. The van der Waals surface area contributed by atoms with Crippen molar-refractivity contribution in [1.29, 1.82) is 0 Å². The van der Waals surface area contributed by atoms with Gasteiger partial charge in [0.15, 0.2) is 0 Å². The highest BCUT2D eigenvalue weighted by Crippen LogP contribution is 2.10. The number of rotatable bonds is 28. The fourth-order valence-corrected chi connectivity index (χ4v) is 5.09. The summed E-state index contributed by atoms with van der Waals surface area (Å²) in [5, 5.41) is 13.0. The normalized spacial score (nSPS) is 14.5. The maximum absolute atomic E-state index is 12.4. The number of aliphatic hydroxyl groups excluding tert-OH is 1. The van der Waals surface area contributed by atoms with E-state index < -0.39 is 33.9 Å². The number of nitrogens with one attached hydrogen (secondary N) is 1. The van der Waals surface area contributed by atoms with E-state index in [1.165, 1.54) is 57.4 Å². The third-order valence-corrected chi connectivity index (χ3v) is 7.61. The van der Waals surface area contributed by atoms with Gasteiger partial charge in [-0.2, -0.15) is 8.42 Å². The lowest BCUT2D eigenvalue weighted by atomic mass is 10.1. The highest BCUT2D eigenvalue weighted by atomic mass is 32.2. The summed E-state index contributed by atoms with van der Waals surface area (Å²) in [6.45, 7) is 4.36. The molecule has 1 amide bonds. The first-order valence-corrected chi connectivity index (χ1v) is 18.4. The average molecular weight is 632 g/mol. The molecule has 0 aliphatic heterocycles. The van der Waals surface area contributed by atoms with Crippen molar-refractivity contribution in [3.63, 3.8) is 0 Å². The molecular weight excluding hydrogens is 570 g/mol. The molecule has 3 N–H and O–H groups in total. The predicted molar refractivity (Wildman–Crippen MR) is 188 cm³/mol. The molecule has 0 aliphatic carbocycles. The van der Waals surface area contributed by atoms with Crippen LogP contribution >= 0.6 is 0 Å². The van der Waals surface area contributed by atoms with E-state index in [1.54, 1.807) is 12.2 Å². The highest BCUT2D eigenvalue weighted by molar-refractivity contribution is 7.85. The van der Waals surface area contributed by atoms with Gasteiger partial charge in [-0.15, -0.1) is 0 Å². The second-order valence-electron chi connectivity index (χ2n) is 11.1. The van der Waals surface area contributed by atoms with Crippen LogP contribution in [0.2, 0.25) is 0 Å². The lowest BCUT2D eigenvalue weighted by molar-refractivity contribution is -0.121. The van der Waals surface area contributed by atoms with Crippen molar-refractivity contribution in [2.24, 2.45) is 0 Å². The van der Waals surface area contributed by atoms with Crippen LogP contribution in [0.15, 0.2) is 85.1 Å². The van der Waals surface area contributed by atoms with Crippen molar-refractivity contribution < 1.29 is 22.9 Å². The Hall–Kier alpha value is -2.48. The van der Waals surface area contributed by atoms with E-state index >= 15 is 0 Å². The Balaban J connectivity index is 4.29. The third kappa shape index (κ3) is 31.0. The minimum atomic E-state index is -4.38. The fourth-order valence-electron chi connectivity index (χ4n) is 4.35. The van der Waals surface area contributed by atoms with Crippen molar-refractivity contribution in [3.05, 3.63) is 85.1 Å². The SMILES string of the molecule is CC/C=C\C/C=C\C/C=C\C/C=C\C/C=C\CC(=O)NC(CS(=O)(=O)O)C(O)/C=C/CC/C=C/CCCCCCCCCC. The van der Waals surface area contributed by atoms with E-state index in [2.05, 4.69) is 73.8 Å². The largest absolute Gasteiger partial charge is 0.387 e. The molecule has 0 aromatic rings. The Bertz CT molecular complexity index is 1000. The summed E-state index contributed by atoms with van der Waals surface area (Å²) in [6.07, 6.45) is 44.5. The maximum Gasteiger partial charge on any atom is 0.267 e. The number of hydrogen-bond donors (Lipinski definition) is 3. The van der Waals surface area contributed by atoms with Crippen molar-refractivity contribution in [2.45, 2.75) is 135 Å². The molecule has 0 bridgehead atoms. The van der Waals surface area contributed by atoms with E-state index in [-0.39, 0.29) is 6.42 Å². The minimum absolute atomic E-state index is 0.0512. The summed E-state index contributed by atoms with van der Waals surface area (Å²) in [5.41, 5.74) is 0. The van der Waals surface area contributed by atoms with Crippen molar-refractivity contribution in [3.8, 4) is 0 Å². The lowest BCUT2D eigenvalue weighted by Gasteiger charge is -2.20. The quantitative estimate of drug-likeness (QED) is 0.0454. The summed E-state index contributed by atoms with van der Waals surface area (Å²) >= 11 is 0. The zero-order valence-corrected chi connectivity index (χ0v) is 28.3. The molecule has 7 heteroatoms. The molecule has 0 fully saturated rings. The first-order valence-electron chi connectivity index (χ1n) is 16.8. The first kappa shape index (κ1) is 41.5. The predicted octanol–water partition coefficient (Wildman–Crippen LogP) is 9.28. The molecule has 0 heterocycles. The number of hydrogen-bond acceptors (Lipinski definition) is 4. The van der Waals surface area contributed by atoms with Gasteiger partial charge >= 0.3 is 0 Å². The van der Waals surface area contributed by atoms with Crippen LogP contribution in [0.1, 0.15) is 123 Å². The Kier molecular flexibility index (Phi) is 28.8. The Morgan fingerprint density at radius 1 is 0.636 bits per heavy atom. The lowest BCUT2D eigenvalue weighted by Crippen LogP contribution is -2.46. The van der Waals surface area contributed by atoms with Crippen LogP contribution in [0.25, 0.3) is 0 Å². The highest BCUT2D eigenvalue weighted by Gasteiger charge is 2.24. The monoisotopic (exact) mass is 631 g/mol. The average Bonchev–Trinajstić information content (AvgIpc) is 2.98. The van der Waals surface area contributed by atoms with Gasteiger partial charge in [-0.25, -0.2) is 0 Å². The third-order valence-electron chi connectivity index (χ3n) is 6.83. The molecule has 0 aromatic heterocycles. The summed E-state index contributed by atoms with van der Waals surface area (Å²) in [7, 11) is -4.38. The first-order chi connectivity index (χ1) is 21.3. The summed E-state index contributed by atoms with van der Waals surface area (Å²) < 4.78 is 32.2. The van der Waals surface area contributed by atoms with Gasteiger partial charge in [0.05, 0.1) is 17.9 Å². The molecule has 2 atom stereocenters. The number of amides is 1. The summed E-state index contributed by atoms with van der Waals surface area (Å²) in [4.78, 5) is 12.4. The van der Waals surface area contributed by atoms with Gasteiger partial charge in [0.2, 0.25) is 5.91 Å². The van der Waals surface area contributed by atoms with Crippen LogP contribution in [0.3, 0.4) is 0 Å². The van der Waals surface area contributed by atoms with Gasteiger partial charge in [0.1, 0.15) is 0 Å². The second kappa shape index (κ2) is 30.5. The van der Waals surface area contributed by atoms with E-state index in [0.717, 1.165) is 38.5 Å². The van der Waals surface area contributed by atoms with Crippen molar-refractivity contribution in [2.75, 3.05) is 5.75 Å². The van der Waals surface area contributed by atoms with Gasteiger partial charge < -0.3 is 10.4 Å². The topological polar surface area (TPSA) is 104 Å². The van der Waals surface area contributed by atoms with E-state index in [4.69, 9.17) is 0 Å². The zero-order valence-electron chi connectivity index (χ0n) is 27.5. The smallest absolute Gasteiger partial charge is 0.267 e. The molecule has 44 heavy (non-hydrogen) atoms. The Morgan fingerprint density at radius 3 is 1.66 bits per heavy atom. The molecule has 0 rings (SSSR count). The minimum Gasteiger partial charge on any atom is -0.387 e. The Morgan fingerprint density at radius 2 is 1.11 bits per heavy atom. The van der Waals surface area contributed by atoms with Crippen LogP contribution in [-0.4, -0.2) is 41.9 Å². The fraction of sp³-hybridized carbons (Fsp3) is 0.595. The van der Waals surface area contributed by atoms with Crippen LogP contribution in [0.4, 0.5) is 0 Å². The number of carbonyl (C=O) groups excluding carboxylic acids is 1. The number of carbonyl (C=O) groups is 1. The molecule has 0 saturated heterocycles. The second-order valence-corrected chi connectivity index (χ2v) is 12.6. The van der Waals surface area contributed by atoms with Gasteiger partial charge in [-0.3, -0.25) is 9.35 Å². The van der Waals surface area contributed by atoms with Crippen LogP contribution < -0.4 is 5.32 Å². The molecule has 0 aliphatic rings. The van der Waals surface area contributed by atoms with E-state index in [9.17, 15) is 22.9 Å². The van der Waals surface area contributed by atoms with Crippen LogP contribution in [0.5, 0.6) is 0 Å². The van der Waals surface area contributed by atoms with Crippen LogP contribution in [-0.2, 0) is 14.9 Å². The number of aliphatic hydroxyl groups is 1. The molecule has 250 valence electrons. The van der Waals surface area contributed by atoms with Gasteiger partial charge in [-0.05, 0) is 57.8 Å². The maximum atomic E-state index is 12.4. The standard InChI is InChI=1S/C37H61NO5S/c1-3-5-7-9-11-13-15-17-19-21-23-25-27-29-31-33-37(40)38-35(34-44(41,42)43)36(39)32-30-28-26-24-22-20-18-16-14-12-10-8-6-4-2/h5,7,11,13,17,19,22-25,29-32,35-36,39H,3-4,6,8-10,12,14-16,18,20-21,26-28,33-34H2,1-2H3,(H,38,40)(H,41,42,43)/b7-5-,13-11-,19-17-,24-22+,25-23-,31-29-,32-30+. The molecule has 6 nitrogen and oxygen atoms in total. The van der Waals surface area contributed by atoms with Crippen LogP contribution in [0, 0.1) is 0 Å². The number of unbranched alkanes of at least 4 members (excludes halogenated alkanes) is 9. The summed E-state index contributed by atoms with van der Waals surface area (Å²) in [5.74, 6) is -1.18. The van der Waals surface area contributed by atoms with Crippen molar-refractivity contribution >= 4 is 16.0 Å². The van der Waals surface area contributed by atoms with E-state index in [1.807, 2.05) is 12.2 Å². The van der Waals surface area contributed by atoms with Crippen molar-refractivity contribution in [1.82, 2.24) is 5.32 Å². The van der Waals surface area contributed by atoms with E-state index in [0.29, 0.717) is 12.8 Å². The molecule has 0 aromatic carbocycles. The summed E-state index contributed by atoms with van der Waals surface area (Å²) in [6, 6.07) is -1.13. The molecule has 2 unspecified atom stereocenters. The van der Waals surface area contributed by atoms with Gasteiger partial charge in [0, 0.05) is 6.42 Å². The molecular formula is C37H61NO5S. The Labute approximate surface area is 269 Å².